The lowest BCUT2D eigenvalue weighted by atomic mass is 9.93. The van der Waals surface area contributed by atoms with Crippen molar-refractivity contribution < 1.29 is 19.1 Å². The zero-order valence-electron chi connectivity index (χ0n) is 14.9. The number of amides is 1. The largest absolute Gasteiger partial charge is 0.437 e. The normalized spacial score (nSPS) is 19.1. The van der Waals surface area contributed by atoms with Gasteiger partial charge in [0.05, 0.1) is 6.61 Å². The monoisotopic (exact) mass is 371 g/mol. The lowest BCUT2D eigenvalue weighted by molar-refractivity contribution is -0.210. The maximum absolute atomic E-state index is 13.5. The number of benzene rings is 3. The van der Waals surface area contributed by atoms with Crippen LogP contribution in [0.1, 0.15) is 16.7 Å². The molecule has 1 amide bonds. The van der Waals surface area contributed by atoms with Crippen LogP contribution in [0.4, 0.5) is 4.79 Å². The minimum absolute atomic E-state index is 0.0220. The first-order valence-corrected chi connectivity index (χ1v) is 8.84. The first-order chi connectivity index (χ1) is 13.7. The number of carbonyl (C=O) groups is 2. The molecular formula is C23H17NO4. The van der Waals surface area contributed by atoms with E-state index in [4.69, 9.17) is 9.47 Å². The van der Waals surface area contributed by atoms with Gasteiger partial charge in [-0.25, -0.2) is 4.79 Å². The molecule has 1 unspecified atom stereocenters. The van der Waals surface area contributed by atoms with Gasteiger partial charge in [0, 0.05) is 11.1 Å². The van der Waals surface area contributed by atoms with Crippen molar-refractivity contribution in [2.75, 3.05) is 0 Å². The average Bonchev–Trinajstić information content (AvgIpc) is 2.76. The number of aliphatic imine (C=N–C) groups is 1. The quantitative estimate of drug-likeness (QED) is 0.672. The summed E-state index contributed by atoms with van der Waals surface area (Å²) >= 11 is 0. The van der Waals surface area contributed by atoms with E-state index in [9.17, 15) is 9.59 Å². The summed E-state index contributed by atoms with van der Waals surface area (Å²) in [4.78, 5) is 29.7. The van der Waals surface area contributed by atoms with Crippen molar-refractivity contribution in [1.82, 2.24) is 0 Å². The van der Waals surface area contributed by atoms with E-state index in [0.717, 1.165) is 5.56 Å². The highest BCUT2D eigenvalue weighted by Gasteiger charge is 2.51. The molecule has 0 spiro atoms. The number of hydrogen-bond acceptors (Lipinski definition) is 4. The van der Waals surface area contributed by atoms with Gasteiger partial charge in [-0.1, -0.05) is 91.0 Å². The number of carbonyl (C=O) groups excluding carboxylic acids is 2. The van der Waals surface area contributed by atoms with Crippen LogP contribution in [0.2, 0.25) is 0 Å². The highest BCUT2D eigenvalue weighted by molar-refractivity contribution is 6.50. The fourth-order valence-corrected chi connectivity index (χ4v) is 3.07. The van der Waals surface area contributed by atoms with Crippen molar-refractivity contribution in [2.24, 2.45) is 4.99 Å². The third-order valence-electron chi connectivity index (χ3n) is 4.43. The summed E-state index contributed by atoms with van der Waals surface area (Å²) in [6.07, 6.45) is -0.865. The Morgan fingerprint density at radius 1 is 0.786 bits per heavy atom. The van der Waals surface area contributed by atoms with Gasteiger partial charge in [-0.3, -0.25) is 4.79 Å². The molecule has 1 aliphatic heterocycles. The van der Waals surface area contributed by atoms with Crippen molar-refractivity contribution >= 4 is 17.6 Å². The minimum atomic E-state index is -1.89. The summed E-state index contributed by atoms with van der Waals surface area (Å²) in [6.45, 7) is 0.0941. The molecule has 0 aromatic heterocycles. The first kappa shape index (κ1) is 17.8. The molecular weight excluding hydrogens is 354 g/mol. The summed E-state index contributed by atoms with van der Waals surface area (Å²) in [5, 5.41) is 0. The summed E-state index contributed by atoms with van der Waals surface area (Å²) in [5.41, 5.74) is 1.85. The molecule has 0 bridgehead atoms. The van der Waals surface area contributed by atoms with Gasteiger partial charge in [-0.15, -0.1) is 0 Å². The van der Waals surface area contributed by atoms with Crippen molar-refractivity contribution in [2.45, 2.75) is 12.4 Å². The van der Waals surface area contributed by atoms with E-state index in [-0.39, 0.29) is 12.3 Å². The van der Waals surface area contributed by atoms with E-state index in [1.54, 1.807) is 48.5 Å². The predicted molar refractivity (Wildman–Crippen MR) is 104 cm³/mol. The topological polar surface area (TPSA) is 65.0 Å². The van der Waals surface area contributed by atoms with Gasteiger partial charge in [0.25, 0.3) is 5.78 Å². The molecule has 3 aromatic carbocycles. The third kappa shape index (κ3) is 3.35. The lowest BCUT2D eigenvalue weighted by Gasteiger charge is -2.34. The molecule has 1 atom stereocenters. The number of cyclic esters (lactones) is 1. The number of ether oxygens (including phenoxy) is 2. The fourth-order valence-electron chi connectivity index (χ4n) is 3.07. The van der Waals surface area contributed by atoms with Gasteiger partial charge in [-0.2, -0.15) is 4.99 Å². The Kier molecular flexibility index (Phi) is 4.83. The van der Waals surface area contributed by atoms with Crippen molar-refractivity contribution in [3.8, 4) is 0 Å². The van der Waals surface area contributed by atoms with Gasteiger partial charge >= 0.3 is 11.9 Å². The Balaban J connectivity index is 1.78. The second kappa shape index (κ2) is 7.58. The molecule has 3 aromatic rings. The molecule has 138 valence electrons. The van der Waals surface area contributed by atoms with Gasteiger partial charge < -0.3 is 9.47 Å². The average molecular weight is 371 g/mol. The number of rotatable bonds is 5. The maximum Gasteiger partial charge on any atom is 0.437 e. The highest BCUT2D eigenvalue weighted by Crippen LogP contribution is 2.34. The molecule has 0 saturated heterocycles. The SMILES string of the molecule is O=C1N=C(c2ccccc2)C(=O)C(OCc2ccccc2)(c2ccccc2)O1. The Morgan fingerprint density at radius 2 is 1.36 bits per heavy atom. The van der Waals surface area contributed by atoms with E-state index in [2.05, 4.69) is 4.99 Å². The van der Waals surface area contributed by atoms with Crippen molar-refractivity contribution in [1.29, 1.82) is 0 Å². The summed E-state index contributed by atoms with van der Waals surface area (Å²) in [5.74, 6) is -2.40. The van der Waals surface area contributed by atoms with E-state index in [1.165, 1.54) is 0 Å². The molecule has 5 nitrogen and oxygen atoms in total. The van der Waals surface area contributed by atoms with E-state index >= 15 is 0 Å². The number of ketones is 1. The predicted octanol–water partition coefficient (Wildman–Crippen LogP) is 4.26. The van der Waals surface area contributed by atoms with Crippen LogP contribution < -0.4 is 0 Å². The zero-order chi connectivity index (χ0) is 19.4. The van der Waals surface area contributed by atoms with Gasteiger partial charge in [0.2, 0.25) is 0 Å². The van der Waals surface area contributed by atoms with E-state index in [0.29, 0.717) is 11.1 Å². The van der Waals surface area contributed by atoms with Crippen LogP contribution in [0.3, 0.4) is 0 Å². The minimum Gasteiger partial charge on any atom is -0.402 e. The van der Waals surface area contributed by atoms with E-state index < -0.39 is 17.7 Å². The van der Waals surface area contributed by atoms with Crippen LogP contribution >= 0.6 is 0 Å². The van der Waals surface area contributed by atoms with Crippen LogP contribution in [-0.4, -0.2) is 17.6 Å². The lowest BCUT2D eigenvalue weighted by Crippen LogP contribution is -2.49. The Morgan fingerprint density at radius 3 is 2.00 bits per heavy atom. The Hall–Kier alpha value is -3.57. The second-order valence-electron chi connectivity index (χ2n) is 6.28. The van der Waals surface area contributed by atoms with Crippen LogP contribution in [0.5, 0.6) is 0 Å². The molecule has 28 heavy (non-hydrogen) atoms. The van der Waals surface area contributed by atoms with Crippen LogP contribution in [0.15, 0.2) is 96.0 Å². The number of nitrogens with zero attached hydrogens (tertiary/aromatic N) is 1. The van der Waals surface area contributed by atoms with Gasteiger partial charge in [-0.05, 0) is 5.56 Å². The molecule has 1 aliphatic rings. The number of hydrogen-bond donors (Lipinski definition) is 0. The maximum atomic E-state index is 13.5. The van der Waals surface area contributed by atoms with Crippen LogP contribution in [0, 0.1) is 0 Å². The number of Topliss-reactive ketones (excluding diaryl/α,β-unsaturated/α-hetero) is 1. The highest BCUT2D eigenvalue weighted by atomic mass is 16.7. The third-order valence-corrected chi connectivity index (χ3v) is 4.43. The zero-order valence-corrected chi connectivity index (χ0v) is 14.9. The summed E-state index contributed by atoms with van der Waals surface area (Å²) in [7, 11) is 0. The first-order valence-electron chi connectivity index (χ1n) is 8.84. The molecule has 0 radical (unpaired) electrons. The molecule has 5 heteroatoms. The van der Waals surface area contributed by atoms with Crippen LogP contribution in [-0.2, 0) is 26.7 Å². The van der Waals surface area contributed by atoms with Crippen molar-refractivity contribution in [3.63, 3.8) is 0 Å². The van der Waals surface area contributed by atoms with Crippen molar-refractivity contribution in [3.05, 3.63) is 108 Å². The Bertz CT molecular complexity index is 1020. The van der Waals surface area contributed by atoms with E-state index in [1.807, 2.05) is 42.5 Å². The van der Waals surface area contributed by atoms with Crippen LogP contribution in [0.25, 0.3) is 0 Å². The Labute approximate surface area is 162 Å². The smallest absolute Gasteiger partial charge is 0.402 e. The molecule has 0 N–H and O–H groups in total. The standard InChI is InChI=1S/C23H17NO4/c25-21-20(18-12-6-2-7-13-18)24-22(26)28-23(21,19-14-8-3-9-15-19)27-16-17-10-4-1-5-11-17/h1-15H,16H2. The molecule has 0 aliphatic carbocycles. The van der Waals surface area contributed by atoms with Gasteiger partial charge in [0.1, 0.15) is 5.71 Å². The fraction of sp³-hybridized carbons (Fsp3) is 0.0870. The summed E-state index contributed by atoms with van der Waals surface area (Å²) in [6, 6.07) is 27.0. The van der Waals surface area contributed by atoms with Gasteiger partial charge in [0.15, 0.2) is 0 Å². The summed E-state index contributed by atoms with van der Waals surface area (Å²) < 4.78 is 11.5. The molecule has 1 heterocycles. The molecule has 0 fully saturated rings. The molecule has 0 saturated carbocycles. The molecule has 4 rings (SSSR count). The second-order valence-corrected chi connectivity index (χ2v) is 6.28.